The minimum atomic E-state index is 0.294. The highest BCUT2D eigenvalue weighted by Crippen LogP contribution is 2.17. The van der Waals surface area contributed by atoms with Crippen LogP contribution in [0.5, 0.6) is 0 Å². The first-order valence-corrected chi connectivity index (χ1v) is 8.04. The molecule has 19 heavy (non-hydrogen) atoms. The van der Waals surface area contributed by atoms with Crippen molar-refractivity contribution in [3.63, 3.8) is 0 Å². The highest BCUT2D eigenvalue weighted by molar-refractivity contribution is 7.98. The van der Waals surface area contributed by atoms with Crippen molar-refractivity contribution in [2.75, 3.05) is 36.6 Å². The second-order valence-corrected chi connectivity index (χ2v) is 4.99. The molecule has 0 aromatic carbocycles. The van der Waals surface area contributed by atoms with Crippen molar-refractivity contribution in [2.24, 2.45) is 0 Å². The molecule has 0 amide bonds. The smallest absolute Gasteiger partial charge is 0.191 e. The van der Waals surface area contributed by atoms with E-state index >= 15 is 0 Å². The number of thioether (sulfide) groups is 1. The summed E-state index contributed by atoms with van der Waals surface area (Å²) in [6, 6.07) is 1.94. The fourth-order valence-corrected chi connectivity index (χ4v) is 2.06. The van der Waals surface area contributed by atoms with Gasteiger partial charge >= 0.3 is 0 Å². The molecule has 0 fully saturated rings. The van der Waals surface area contributed by atoms with Gasteiger partial charge in [0.1, 0.15) is 11.6 Å². The third-order valence-electron chi connectivity index (χ3n) is 2.64. The second kappa shape index (κ2) is 9.86. The van der Waals surface area contributed by atoms with Gasteiger partial charge in [-0.3, -0.25) is 0 Å². The summed E-state index contributed by atoms with van der Waals surface area (Å²) in [6.07, 6.45) is 6.18. The van der Waals surface area contributed by atoms with E-state index in [1.165, 1.54) is 0 Å². The zero-order valence-corrected chi connectivity index (χ0v) is 12.6. The van der Waals surface area contributed by atoms with Crippen LogP contribution in [0.1, 0.15) is 32.6 Å². The van der Waals surface area contributed by atoms with Crippen LogP contribution in [-0.2, 0) is 0 Å². The molecule has 0 saturated carbocycles. The molecule has 1 rings (SSSR count). The molecule has 0 unspecified atom stereocenters. The molecule has 0 aliphatic carbocycles. The Labute approximate surface area is 119 Å². The maximum atomic E-state index is 8.70. The lowest BCUT2D eigenvalue weighted by Gasteiger charge is -2.09. The summed E-state index contributed by atoms with van der Waals surface area (Å²) < 4.78 is 0. The number of rotatable bonds is 10. The van der Waals surface area contributed by atoms with Crippen LogP contribution in [-0.4, -0.2) is 41.0 Å². The number of hydrogen-bond acceptors (Lipinski definition) is 6. The second-order valence-electron chi connectivity index (χ2n) is 4.22. The standard InChI is InChI=1S/C13H24N4OS/c1-3-14-11-10-12(17-13(16-11)19-2)15-8-6-4-5-7-9-18/h10,18H,3-9H2,1-2H3,(H2,14,15,16,17). The molecular formula is C13H24N4OS. The average molecular weight is 284 g/mol. The summed E-state index contributed by atoms with van der Waals surface area (Å²) in [6.45, 7) is 4.10. The van der Waals surface area contributed by atoms with Gasteiger partial charge in [0, 0.05) is 25.8 Å². The summed E-state index contributed by atoms with van der Waals surface area (Å²) in [7, 11) is 0. The molecule has 108 valence electrons. The van der Waals surface area contributed by atoms with Crippen LogP contribution < -0.4 is 10.6 Å². The SMILES string of the molecule is CCNc1cc(NCCCCCCO)nc(SC)n1. The minimum absolute atomic E-state index is 0.294. The molecule has 5 nitrogen and oxygen atoms in total. The molecule has 0 radical (unpaired) electrons. The number of aliphatic hydroxyl groups is 1. The minimum Gasteiger partial charge on any atom is -0.396 e. The van der Waals surface area contributed by atoms with Crippen LogP contribution in [0.15, 0.2) is 11.2 Å². The van der Waals surface area contributed by atoms with Crippen molar-refractivity contribution in [3.8, 4) is 0 Å². The normalized spacial score (nSPS) is 10.5. The zero-order chi connectivity index (χ0) is 13.9. The van der Waals surface area contributed by atoms with Gasteiger partial charge in [-0.25, -0.2) is 9.97 Å². The van der Waals surface area contributed by atoms with E-state index in [-0.39, 0.29) is 0 Å². The van der Waals surface area contributed by atoms with Crippen molar-refractivity contribution in [1.82, 2.24) is 9.97 Å². The lowest BCUT2D eigenvalue weighted by atomic mass is 10.2. The summed E-state index contributed by atoms with van der Waals surface area (Å²) in [5.41, 5.74) is 0. The number of hydrogen-bond donors (Lipinski definition) is 3. The molecule has 0 atom stereocenters. The number of aliphatic hydroxyl groups excluding tert-OH is 1. The van der Waals surface area contributed by atoms with Crippen LogP contribution >= 0.6 is 11.8 Å². The Hall–Kier alpha value is -1.01. The predicted octanol–water partition coefficient (Wildman–Crippen LogP) is 2.59. The Morgan fingerprint density at radius 2 is 1.79 bits per heavy atom. The van der Waals surface area contributed by atoms with Crippen molar-refractivity contribution in [1.29, 1.82) is 0 Å². The van der Waals surface area contributed by atoms with Crippen molar-refractivity contribution in [3.05, 3.63) is 6.07 Å². The molecule has 3 N–H and O–H groups in total. The number of aromatic nitrogens is 2. The number of anilines is 2. The zero-order valence-electron chi connectivity index (χ0n) is 11.8. The van der Waals surface area contributed by atoms with Crippen LogP contribution in [0.2, 0.25) is 0 Å². The summed E-state index contributed by atoms with van der Waals surface area (Å²) in [5.74, 6) is 1.74. The Kier molecular flexibility index (Phi) is 8.33. The predicted molar refractivity (Wildman–Crippen MR) is 82.0 cm³/mol. The molecule has 0 aliphatic heterocycles. The number of unbranched alkanes of at least 4 members (excludes halogenated alkanes) is 3. The highest BCUT2D eigenvalue weighted by atomic mass is 32.2. The molecule has 0 bridgehead atoms. The Bertz CT molecular complexity index is 362. The topological polar surface area (TPSA) is 70.1 Å². The van der Waals surface area contributed by atoms with Gasteiger partial charge in [-0.1, -0.05) is 24.6 Å². The average Bonchev–Trinajstić information content (AvgIpc) is 2.43. The van der Waals surface area contributed by atoms with E-state index in [2.05, 4.69) is 27.5 Å². The quantitative estimate of drug-likeness (QED) is 0.348. The molecule has 0 saturated heterocycles. The fraction of sp³-hybridized carbons (Fsp3) is 0.692. The van der Waals surface area contributed by atoms with Gasteiger partial charge < -0.3 is 15.7 Å². The number of nitrogens with zero attached hydrogens (tertiary/aromatic N) is 2. The maximum Gasteiger partial charge on any atom is 0.191 e. The monoisotopic (exact) mass is 284 g/mol. The maximum absolute atomic E-state index is 8.70. The third-order valence-corrected chi connectivity index (χ3v) is 3.18. The van der Waals surface area contributed by atoms with Crippen LogP contribution in [0.4, 0.5) is 11.6 Å². The van der Waals surface area contributed by atoms with Gasteiger partial charge in [-0.05, 0) is 26.0 Å². The van der Waals surface area contributed by atoms with E-state index in [9.17, 15) is 0 Å². The third kappa shape index (κ3) is 6.63. The largest absolute Gasteiger partial charge is 0.396 e. The van der Waals surface area contributed by atoms with Gasteiger partial charge in [-0.2, -0.15) is 0 Å². The van der Waals surface area contributed by atoms with Crippen LogP contribution in [0.3, 0.4) is 0 Å². The number of nitrogens with one attached hydrogen (secondary N) is 2. The van der Waals surface area contributed by atoms with Crippen molar-refractivity contribution < 1.29 is 5.11 Å². The van der Waals surface area contributed by atoms with Crippen LogP contribution in [0.25, 0.3) is 0 Å². The molecule has 6 heteroatoms. The Morgan fingerprint density at radius 1 is 1.11 bits per heavy atom. The first-order chi connectivity index (χ1) is 9.30. The first-order valence-electron chi connectivity index (χ1n) is 6.81. The van der Waals surface area contributed by atoms with Gasteiger partial charge in [-0.15, -0.1) is 0 Å². The van der Waals surface area contributed by atoms with E-state index in [0.717, 1.165) is 55.6 Å². The molecule has 1 aromatic rings. The first kappa shape index (κ1) is 16.0. The van der Waals surface area contributed by atoms with Gasteiger partial charge in [0.05, 0.1) is 0 Å². The van der Waals surface area contributed by atoms with E-state index in [4.69, 9.17) is 5.11 Å². The molecule has 0 aliphatic rings. The highest BCUT2D eigenvalue weighted by Gasteiger charge is 2.02. The Balaban J connectivity index is 2.41. The van der Waals surface area contributed by atoms with Gasteiger partial charge in [0.25, 0.3) is 0 Å². The molecule has 0 spiro atoms. The summed E-state index contributed by atoms with van der Waals surface area (Å²) in [4.78, 5) is 8.81. The van der Waals surface area contributed by atoms with E-state index in [1.54, 1.807) is 11.8 Å². The van der Waals surface area contributed by atoms with E-state index in [1.807, 2.05) is 12.3 Å². The van der Waals surface area contributed by atoms with Crippen LogP contribution in [0, 0.1) is 0 Å². The van der Waals surface area contributed by atoms with E-state index < -0.39 is 0 Å². The lowest BCUT2D eigenvalue weighted by Crippen LogP contribution is -2.07. The molecular weight excluding hydrogens is 260 g/mol. The lowest BCUT2D eigenvalue weighted by molar-refractivity contribution is 0.283. The Morgan fingerprint density at radius 3 is 2.42 bits per heavy atom. The van der Waals surface area contributed by atoms with Crippen molar-refractivity contribution >= 4 is 23.4 Å². The molecule has 1 aromatic heterocycles. The van der Waals surface area contributed by atoms with E-state index in [0.29, 0.717) is 6.61 Å². The van der Waals surface area contributed by atoms with Gasteiger partial charge in [0.2, 0.25) is 0 Å². The fourth-order valence-electron chi connectivity index (χ4n) is 1.69. The molecule has 1 heterocycles. The van der Waals surface area contributed by atoms with Gasteiger partial charge in [0.15, 0.2) is 5.16 Å². The summed E-state index contributed by atoms with van der Waals surface area (Å²) in [5, 5.41) is 16.0. The van der Waals surface area contributed by atoms with Crippen molar-refractivity contribution in [2.45, 2.75) is 37.8 Å². The summed E-state index contributed by atoms with van der Waals surface area (Å²) >= 11 is 1.54.